The topological polar surface area (TPSA) is 65.5 Å². The van der Waals surface area contributed by atoms with Gasteiger partial charge >= 0.3 is 0 Å². The molecule has 0 bridgehead atoms. The second-order valence-corrected chi connectivity index (χ2v) is 6.42. The Balaban J connectivity index is 2.04. The molecule has 0 spiro atoms. The minimum absolute atomic E-state index is 0.0108. The van der Waals surface area contributed by atoms with Crippen LogP contribution in [0.4, 0.5) is 11.4 Å². The molecule has 27 heavy (non-hydrogen) atoms. The average molecular weight is 368 g/mol. The summed E-state index contributed by atoms with van der Waals surface area (Å²) < 4.78 is 0. The van der Waals surface area contributed by atoms with E-state index in [4.69, 9.17) is 0 Å². The summed E-state index contributed by atoms with van der Waals surface area (Å²) in [7, 11) is 0. The molecule has 6 heteroatoms. The molecule has 0 saturated carbocycles. The number of hydrogen-bond acceptors (Lipinski definition) is 4. The normalized spacial score (nSPS) is 10.4. The molecule has 0 atom stereocenters. The fourth-order valence-corrected chi connectivity index (χ4v) is 2.90. The first-order valence-electron chi connectivity index (χ1n) is 9.25. The van der Waals surface area contributed by atoms with Gasteiger partial charge in [-0.05, 0) is 56.7 Å². The number of rotatable bonds is 8. The predicted molar refractivity (Wildman–Crippen MR) is 109 cm³/mol. The second-order valence-electron chi connectivity index (χ2n) is 6.42. The van der Waals surface area contributed by atoms with E-state index in [9.17, 15) is 9.59 Å². The number of anilines is 2. The smallest absolute Gasteiger partial charge is 0.244 e. The number of benzene rings is 1. The molecule has 0 aliphatic heterocycles. The van der Waals surface area contributed by atoms with E-state index in [1.165, 1.54) is 11.8 Å². The van der Waals surface area contributed by atoms with Gasteiger partial charge in [-0.3, -0.25) is 14.6 Å². The zero-order valence-electron chi connectivity index (χ0n) is 16.5. The van der Waals surface area contributed by atoms with Crippen molar-refractivity contribution in [2.75, 3.05) is 29.9 Å². The van der Waals surface area contributed by atoms with Gasteiger partial charge in [-0.15, -0.1) is 0 Å². The largest absolute Gasteiger partial charge is 0.372 e. The van der Waals surface area contributed by atoms with Crippen molar-refractivity contribution in [1.29, 1.82) is 0 Å². The number of pyridine rings is 1. The molecule has 0 saturated heterocycles. The third kappa shape index (κ3) is 5.81. The van der Waals surface area contributed by atoms with E-state index < -0.39 is 0 Å². The Hall–Kier alpha value is -2.89. The van der Waals surface area contributed by atoms with Crippen LogP contribution in [0.25, 0.3) is 0 Å². The van der Waals surface area contributed by atoms with Crippen LogP contribution in [0, 0.1) is 6.92 Å². The highest BCUT2D eigenvalue weighted by molar-refractivity contribution is 5.95. The molecule has 1 aromatic carbocycles. The maximum absolute atomic E-state index is 12.5. The number of carbonyl (C=O) groups is 2. The van der Waals surface area contributed by atoms with Crippen LogP contribution >= 0.6 is 0 Å². The first-order valence-corrected chi connectivity index (χ1v) is 9.25. The lowest BCUT2D eigenvalue weighted by molar-refractivity contribution is -0.133. The van der Waals surface area contributed by atoms with Crippen LogP contribution in [-0.2, 0) is 16.1 Å². The van der Waals surface area contributed by atoms with E-state index in [1.807, 2.05) is 37.3 Å². The Morgan fingerprint density at radius 3 is 2.41 bits per heavy atom. The van der Waals surface area contributed by atoms with Crippen LogP contribution in [0.5, 0.6) is 0 Å². The van der Waals surface area contributed by atoms with E-state index in [0.29, 0.717) is 6.54 Å². The summed E-state index contributed by atoms with van der Waals surface area (Å²) in [5.74, 6) is -0.385. The molecule has 144 valence electrons. The average Bonchev–Trinajstić information content (AvgIpc) is 2.65. The van der Waals surface area contributed by atoms with Crippen molar-refractivity contribution in [1.82, 2.24) is 9.88 Å². The number of aryl methyl sites for hydroxylation is 1. The van der Waals surface area contributed by atoms with Crippen molar-refractivity contribution < 1.29 is 9.59 Å². The molecule has 0 unspecified atom stereocenters. The molecule has 1 aromatic heterocycles. The first kappa shape index (κ1) is 20.4. The molecule has 2 rings (SSSR count). The third-order valence-corrected chi connectivity index (χ3v) is 4.47. The molecule has 2 amide bonds. The summed E-state index contributed by atoms with van der Waals surface area (Å²) in [5.41, 5.74) is 3.64. The Bertz CT molecular complexity index is 773. The van der Waals surface area contributed by atoms with Gasteiger partial charge in [0.1, 0.15) is 6.54 Å². The third-order valence-electron chi connectivity index (χ3n) is 4.47. The molecule has 1 heterocycles. The fraction of sp³-hybridized carbons (Fsp3) is 0.381. The van der Waals surface area contributed by atoms with Crippen molar-refractivity contribution in [3.63, 3.8) is 0 Å². The number of hydrogen-bond donors (Lipinski definition) is 1. The lowest BCUT2D eigenvalue weighted by Crippen LogP contribution is -2.36. The number of nitrogens with one attached hydrogen (secondary N) is 1. The summed E-state index contributed by atoms with van der Waals surface area (Å²) in [6, 6.07) is 11.5. The van der Waals surface area contributed by atoms with Gasteiger partial charge in [0, 0.05) is 37.6 Å². The van der Waals surface area contributed by atoms with E-state index >= 15 is 0 Å². The quantitative estimate of drug-likeness (QED) is 0.777. The van der Waals surface area contributed by atoms with Gasteiger partial charge in [-0.1, -0.05) is 6.07 Å². The van der Waals surface area contributed by atoms with Crippen molar-refractivity contribution in [3.8, 4) is 0 Å². The van der Waals surface area contributed by atoms with Crippen LogP contribution in [0.15, 0.2) is 42.6 Å². The summed E-state index contributed by atoms with van der Waals surface area (Å²) >= 11 is 0. The minimum atomic E-state index is -0.222. The SMILES string of the molecule is CCN(CC)c1ccc(NC(=O)CN(Cc2ccccn2)C(C)=O)c(C)c1. The van der Waals surface area contributed by atoms with Gasteiger partial charge in [-0.25, -0.2) is 0 Å². The number of nitrogens with zero attached hydrogens (tertiary/aromatic N) is 3. The molecule has 1 N–H and O–H groups in total. The second kappa shape index (κ2) is 9.71. The fourth-order valence-electron chi connectivity index (χ4n) is 2.90. The maximum Gasteiger partial charge on any atom is 0.244 e. The zero-order valence-corrected chi connectivity index (χ0v) is 16.5. The van der Waals surface area contributed by atoms with Gasteiger partial charge < -0.3 is 15.1 Å². The van der Waals surface area contributed by atoms with Crippen LogP contribution in [-0.4, -0.2) is 41.3 Å². The Labute approximate surface area is 161 Å². The summed E-state index contributed by atoms with van der Waals surface area (Å²) in [4.78, 5) is 32.3. The van der Waals surface area contributed by atoms with E-state index in [1.54, 1.807) is 6.20 Å². The Morgan fingerprint density at radius 2 is 1.85 bits per heavy atom. The summed E-state index contributed by atoms with van der Waals surface area (Å²) in [6.07, 6.45) is 1.68. The molecule has 0 aliphatic carbocycles. The molecule has 2 aromatic rings. The summed E-state index contributed by atoms with van der Waals surface area (Å²) in [6.45, 7) is 9.83. The van der Waals surface area contributed by atoms with Crippen molar-refractivity contribution in [2.24, 2.45) is 0 Å². The molecule has 0 fully saturated rings. The van der Waals surface area contributed by atoms with E-state index in [2.05, 4.69) is 35.1 Å². The lowest BCUT2D eigenvalue weighted by Gasteiger charge is -2.23. The Morgan fingerprint density at radius 1 is 1.11 bits per heavy atom. The van der Waals surface area contributed by atoms with Crippen molar-refractivity contribution in [2.45, 2.75) is 34.2 Å². The lowest BCUT2D eigenvalue weighted by atomic mass is 10.1. The number of aromatic nitrogens is 1. The van der Waals surface area contributed by atoms with Crippen molar-refractivity contribution in [3.05, 3.63) is 53.9 Å². The highest BCUT2D eigenvalue weighted by atomic mass is 16.2. The molecule has 0 radical (unpaired) electrons. The van der Waals surface area contributed by atoms with Crippen LogP contribution in [0.1, 0.15) is 32.0 Å². The predicted octanol–water partition coefficient (Wildman–Crippen LogP) is 3.22. The van der Waals surface area contributed by atoms with Crippen LogP contribution in [0.2, 0.25) is 0 Å². The molecular formula is C21H28N4O2. The first-order chi connectivity index (χ1) is 12.9. The van der Waals surface area contributed by atoms with Gasteiger partial charge in [0.15, 0.2) is 0 Å². The van der Waals surface area contributed by atoms with Crippen LogP contribution in [0.3, 0.4) is 0 Å². The molecule has 6 nitrogen and oxygen atoms in total. The monoisotopic (exact) mass is 368 g/mol. The maximum atomic E-state index is 12.5. The number of carbonyl (C=O) groups excluding carboxylic acids is 2. The van der Waals surface area contributed by atoms with Crippen LogP contribution < -0.4 is 10.2 Å². The van der Waals surface area contributed by atoms with Gasteiger partial charge in [0.2, 0.25) is 11.8 Å². The highest BCUT2D eigenvalue weighted by Crippen LogP contribution is 2.22. The summed E-state index contributed by atoms with van der Waals surface area (Å²) in [5, 5.41) is 2.91. The molecule has 0 aliphatic rings. The highest BCUT2D eigenvalue weighted by Gasteiger charge is 2.15. The van der Waals surface area contributed by atoms with E-state index in [0.717, 1.165) is 35.7 Å². The van der Waals surface area contributed by atoms with E-state index in [-0.39, 0.29) is 18.4 Å². The minimum Gasteiger partial charge on any atom is -0.372 e. The van der Waals surface area contributed by atoms with Gasteiger partial charge in [0.05, 0.1) is 12.2 Å². The zero-order chi connectivity index (χ0) is 19.8. The van der Waals surface area contributed by atoms with Gasteiger partial charge in [0.25, 0.3) is 0 Å². The number of amides is 2. The standard InChI is InChI=1S/C21H28N4O2/c1-5-24(6-2)19-10-11-20(16(3)13-19)23-21(27)15-25(17(4)26)14-18-9-7-8-12-22-18/h7-13H,5-6,14-15H2,1-4H3,(H,23,27). The molecular weight excluding hydrogens is 340 g/mol. The Kier molecular flexibility index (Phi) is 7.34. The van der Waals surface area contributed by atoms with Gasteiger partial charge in [-0.2, -0.15) is 0 Å². The van der Waals surface area contributed by atoms with Crippen molar-refractivity contribution >= 4 is 23.2 Å².